The van der Waals surface area contributed by atoms with Crippen LogP contribution in [0.2, 0.25) is 0 Å². The molecule has 2 atom stereocenters. The zero-order chi connectivity index (χ0) is 67.5. The number of ether oxygens (including phenoxy) is 4. The second-order valence-corrected chi connectivity index (χ2v) is 26.2. The van der Waals surface area contributed by atoms with E-state index < -0.39 is 24.3 Å². The van der Waals surface area contributed by atoms with Crippen molar-refractivity contribution in [2.45, 2.75) is 322 Å². The van der Waals surface area contributed by atoms with Gasteiger partial charge < -0.3 is 33.3 Å². The first kappa shape index (κ1) is 88.2. The van der Waals surface area contributed by atoms with Crippen LogP contribution in [0.15, 0.2) is 146 Å². The van der Waals surface area contributed by atoms with Gasteiger partial charge in [-0.3, -0.25) is 9.59 Å². The molecule has 530 valence electrons. The SMILES string of the molecule is CC/C=C\C/C=C\C/C=C\C/C=C\C/C=C\C/C=C\C/C=C\C/C=C\CCCCCCCCC(=O)OC(COC(=O)CCCCCCCCCCCCCCCCCCCCCCCCCC/C=C\C/C=C\C/C=C\C/C=C\CC)COC(OCC[N+](C)(C)C)C(=O)[O-]. The molecular formula is C84H141NO8. The number of nitrogens with zero attached hydrogens (tertiary/aromatic N) is 1. The minimum atomic E-state index is -1.63. The summed E-state index contributed by atoms with van der Waals surface area (Å²) in [6, 6.07) is 0. The molecule has 0 N–H and O–H groups in total. The molecule has 9 nitrogen and oxygen atoms in total. The summed E-state index contributed by atoms with van der Waals surface area (Å²) in [5.41, 5.74) is 0. The summed E-state index contributed by atoms with van der Waals surface area (Å²) < 4.78 is 22.8. The fourth-order valence-corrected chi connectivity index (χ4v) is 10.4. The van der Waals surface area contributed by atoms with Crippen LogP contribution in [0, 0.1) is 0 Å². The van der Waals surface area contributed by atoms with Gasteiger partial charge in [-0.2, -0.15) is 0 Å². The number of likely N-dealkylation sites (N-methyl/N-ethyl adjacent to an activating group) is 1. The number of allylic oxidation sites excluding steroid dienone is 24. The van der Waals surface area contributed by atoms with Gasteiger partial charge in [-0.25, -0.2) is 0 Å². The lowest BCUT2D eigenvalue weighted by molar-refractivity contribution is -0.870. The summed E-state index contributed by atoms with van der Waals surface area (Å²) in [7, 11) is 5.92. The smallest absolute Gasteiger partial charge is 0.306 e. The van der Waals surface area contributed by atoms with Crippen molar-refractivity contribution in [3.8, 4) is 0 Å². The van der Waals surface area contributed by atoms with Gasteiger partial charge in [0.05, 0.1) is 40.3 Å². The van der Waals surface area contributed by atoms with Crippen LogP contribution >= 0.6 is 0 Å². The number of carboxylic acids is 1. The number of rotatable bonds is 69. The number of esters is 2. The molecule has 93 heavy (non-hydrogen) atoms. The molecule has 0 aliphatic heterocycles. The van der Waals surface area contributed by atoms with Crippen LogP contribution < -0.4 is 5.11 Å². The van der Waals surface area contributed by atoms with Crippen molar-refractivity contribution in [2.24, 2.45) is 0 Å². The summed E-state index contributed by atoms with van der Waals surface area (Å²) >= 11 is 0. The van der Waals surface area contributed by atoms with E-state index in [1.807, 2.05) is 21.1 Å². The highest BCUT2D eigenvalue weighted by Gasteiger charge is 2.22. The van der Waals surface area contributed by atoms with Crippen molar-refractivity contribution in [2.75, 3.05) is 47.5 Å². The Morgan fingerprint density at radius 1 is 0.323 bits per heavy atom. The third-order valence-electron chi connectivity index (χ3n) is 16.1. The van der Waals surface area contributed by atoms with E-state index in [0.717, 1.165) is 135 Å². The van der Waals surface area contributed by atoms with Crippen molar-refractivity contribution >= 4 is 17.9 Å². The first-order valence-corrected chi connectivity index (χ1v) is 38.0. The van der Waals surface area contributed by atoms with Crippen molar-refractivity contribution in [3.05, 3.63) is 146 Å². The average Bonchev–Trinajstić information content (AvgIpc) is 3.38. The van der Waals surface area contributed by atoms with E-state index >= 15 is 0 Å². The monoisotopic (exact) mass is 1290 g/mol. The van der Waals surface area contributed by atoms with Crippen molar-refractivity contribution in [1.29, 1.82) is 0 Å². The van der Waals surface area contributed by atoms with Gasteiger partial charge in [-0.15, -0.1) is 0 Å². The number of unbranched alkanes of at least 4 members (excludes halogenated alkanes) is 30. The Kier molecular flexibility index (Phi) is 69.2. The summed E-state index contributed by atoms with van der Waals surface area (Å²) in [5, 5.41) is 11.8. The molecule has 0 aliphatic rings. The topological polar surface area (TPSA) is 111 Å². The molecule has 0 fully saturated rings. The van der Waals surface area contributed by atoms with Crippen LogP contribution in [0.5, 0.6) is 0 Å². The number of carbonyl (C=O) groups excluding carboxylic acids is 3. The molecule has 2 unspecified atom stereocenters. The maximum Gasteiger partial charge on any atom is 0.306 e. The van der Waals surface area contributed by atoms with Gasteiger partial charge in [0.1, 0.15) is 13.2 Å². The van der Waals surface area contributed by atoms with E-state index in [-0.39, 0.29) is 38.6 Å². The molecule has 0 radical (unpaired) electrons. The van der Waals surface area contributed by atoms with E-state index in [1.165, 1.54) is 141 Å². The first-order valence-electron chi connectivity index (χ1n) is 38.0. The van der Waals surface area contributed by atoms with E-state index in [0.29, 0.717) is 17.4 Å². The second kappa shape index (κ2) is 73.0. The van der Waals surface area contributed by atoms with Crippen molar-refractivity contribution in [3.63, 3.8) is 0 Å². The molecule has 0 aromatic heterocycles. The minimum Gasteiger partial charge on any atom is -0.545 e. The highest BCUT2D eigenvalue weighted by atomic mass is 16.7. The van der Waals surface area contributed by atoms with Crippen LogP contribution in [0.4, 0.5) is 0 Å². The maximum atomic E-state index is 13.0. The quantitative estimate of drug-likeness (QED) is 0.0195. The summed E-state index contributed by atoms with van der Waals surface area (Å²) in [6.45, 7) is 4.52. The molecule has 0 amide bonds. The summed E-state index contributed by atoms with van der Waals surface area (Å²) in [4.78, 5) is 37.6. The van der Waals surface area contributed by atoms with Gasteiger partial charge in [-0.05, 0) is 116 Å². The van der Waals surface area contributed by atoms with Crippen molar-refractivity contribution in [1.82, 2.24) is 0 Å². The van der Waals surface area contributed by atoms with E-state index in [4.69, 9.17) is 18.9 Å². The Hall–Kier alpha value is -4.83. The molecule has 0 rings (SSSR count). The molecule has 0 bridgehead atoms. The van der Waals surface area contributed by atoms with Crippen molar-refractivity contribution < 1.29 is 42.9 Å². The molecule has 0 aromatic carbocycles. The Balaban J connectivity index is 4.09. The minimum absolute atomic E-state index is 0.139. The highest BCUT2D eigenvalue weighted by molar-refractivity contribution is 5.70. The normalized spacial score (nSPS) is 13.5. The molecule has 0 saturated heterocycles. The first-order chi connectivity index (χ1) is 45.6. The molecule has 0 aliphatic carbocycles. The van der Waals surface area contributed by atoms with E-state index in [1.54, 1.807) is 0 Å². The van der Waals surface area contributed by atoms with Crippen LogP contribution in [-0.4, -0.2) is 82.3 Å². The molecule has 0 saturated carbocycles. The molecule has 0 spiro atoms. The number of hydrogen-bond acceptors (Lipinski definition) is 8. The van der Waals surface area contributed by atoms with Gasteiger partial charge in [0.2, 0.25) is 0 Å². The number of carbonyl (C=O) groups is 3. The molecular weight excluding hydrogens is 1150 g/mol. The summed E-state index contributed by atoms with van der Waals surface area (Å²) in [5.74, 6) is -2.30. The largest absolute Gasteiger partial charge is 0.545 e. The second-order valence-electron chi connectivity index (χ2n) is 26.2. The molecule has 0 heterocycles. The lowest BCUT2D eigenvalue weighted by Gasteiger charge is -2.26. The zero-order valence-electron chi connectivity index (χ0n) is 60.6. The number of hydrogen-bond donors (Lipinski definition) is 0. The number of quaternary nitrogens is 1. The van der Waals surface area contributed by atoms with E-state index in [2.05, 4.69) is 160 Å². The van der Waals surface area contributed by atoms with E-state index in [9.17, 15) is 19.5 Å². The molecule has 9 heteroatoms. The van der Waals surface area contributed by atoms with Crippen LogP contribution in [0.1, 0.15) is 309 Å². The van der Waals surface area contributed by atoms with Gasteiger partial charge in [0.25, 0.3) is 0 Å². The van der Waals surface area contributed by atoms with Crippen LogP contribution in [0.3, 0.4) is 0 Å². The lowest BCUT2D eigenvalue weighted by Crippen LogP contribution is -2.44. The third-order valence-corrected chi connectivity index (χ3v) is 16.1. The Morgan fingerprint density at radius 3 is 0.860 bits per heavy atom. The Bertz CT molecular complexity index is 2040. The third kappa shape index (κ3) is 74.4. The standard InChI is InChI=1S/C84H141NO8/c1-6-8-10-12-14-16-18-20-22-24-26-28-30-32-34-36-38-39-40-41-42-43-45-46-48-50-52-54-56-58-60-62-64-66-68-70-72-74-81(86)91-78-80(79-92-84(83(88)89)90-77-76-85(3,4)5)93-82(87)75-73-71-69-67-65-63-61-59-57-55-53-51-49-47-44-37-35-33-31-29-27-25-23-21-19-17-15-13-11-9-7-2/h8-11,14-17,20-23,26-29,33,35,44,47,51,53,57,59,80,84H,6-7,12-13,18-19,24-25,30-32,34,36-43,45-46,48-50,52,54-56,58,60-79H2,1-5H3/b10-8-,11-9-,16-14-,17-15-,22-20-,23-21-,28-26-,29-27-,35-33-,47-44-,53-51-,59-57-. The maximum absolute atomic E-state index is 13.0. The molecule has 0 aromatic rings. The number of aliphatic carboxylic acids is 1. The Morgan fingerprint density at radius 2 is 0.581 bits per heavy atom. The summed E-state index contributed by atoms with van der Waals surface area (Å²) in [6.07, 6.45) is 104. The average molecular weight is 1290 g/mol. The lowest BCUT2D eigenvalue weighted by atomic mass is 10.0. The zero-order valence-corrected chi connectivity index (χ0v) is 60.6. The predicted octanol–water partition coefficient (Wildman–Crippen LogP) is 22.9. The highest BCUT2D eigenvalue weighted by Crippen LogP contribution is 2.18. The van der Waals surface area contributed by atoms with Gasteiger partial charge >= 0.3 is 11.9 Å². The van der Waals surface area contributed by atoms with Crippen LogP contribution in [-0.2, 0) is 33.3 Å². The fourth-order valence-electron chi connectivity index (χ4n) is 10.4. The van der Waals surface area contributed by atoms with Gasteiger partial charge in [0.15, 0.2) is 12.4 Å². The Labute approximate surface area is 572 Å². The number of carboxylic acid groups (broad SMARTS) is 1. The van der Waals surface area contributed by atoms with Gasteiger partial charge in [-0.1, -0.05) is 327 Å². The predicted molar refractivity (Wildman–Crippen MR) is 398 cm³/mol. The van der Waals surface area contributed by atoms with Gasteiger partial charge in [0, 0.05) is 12.8 Å². The fraction of sp³-hybridized carbons (Fsp3) is 0.679. The van der Waals surface area contributed by atoms with Crippen LogP contribution in [0.25, 0.3) is 0 Å².